The number of aromatic nitrogens is 2. The minimum atomic E-state index is -3.95. The van der Waals surface area contributed by atoms with Gasteiger partial charge in [-0.3, -0.25) is 8.98 Å². The number of nitriles is 1. The Morgan fingerprint density at radius 3 is 2.89 bits per heavy atom. The van der Waals surface area contributed by atoms with Crippen molar-refractivity contribution >= 4 is 33.2 Å². The van der Waals surface area contributed by atoms with Crippen LogP contribution in [0.4, 0.5) is 5.82 Å². The zero-order valence-corrected chi connectivity index (χ0v) is 22.1. The first-order valence-corrected chi connectivity index (χ1v) is 14.6. The van der Waals surface area contributed by atoms with Crippen LogP contribution in [0.2, 0.25) is 0 Å². The fourth-order valence-corrected chi connectivity index (χ4v) is 6.49. The molecule has 10 nitrogen and oxygen atoms in total. The fraction of sp³-hybridized carbons (Fsp3) is 0.385. The molecule has 2 aromatic heterocycles. The van der Waals surface area contributed by atoms with E-state index in [2.05, 4.69) is 27.4 Å². The van der Waals surface area contributed by atoms with Gasteiger partial charge in [0.25, 0.3) is 0 Å². The lowest BCUT2D eigenvalue weighted by atomic mass is 9.93. The largest absolute Gasteiger partial charge is 0.369 e. The Hall–Kier alpha value is -3.21. The SMILES string of the molecule is N#Cc1sc(C(=O)c2cncnc2NC[C@H]2CC[C@@H](COS(N)(=O)=O)C2)cc1C1OCCc2ccccc21. The standard InChI is InChI=1S/C26H27N5O5S2/c27-11-23-20(25-19-4-2-1-3-18(19)7-8-35-25)10-22(37-23)24(32)21-13-29-15-31-26(21)30-12-16-5-6-17(9-16)14-36-38(28,33)34/h1-4,10,13,15-17,25H,5-9,12,14H2,(H2,28,33,34)(H,29,30,31)/t16-,17+,25?/m0/s1. The quantitative estimate of drug-likeness (QED) is 0.379. The molecule has 1 fully saturated rings. The Labute approximate surface area is 225 Å². The van der Waals surface area contributed by atoms with Crippen molar-refractivity contribution in [3.63, 3.8) is 0 Å². The van der Waals surface area contributed by atoms with E-state index in [1.807, 2.05) is 18.2 Å². The zero-order valence-electron chi connectivity index (χ0n) is 20.5. The van der Waals surface area contributed by atoms with E-state index in [0.717, 1.165) is 42.6 Å². The minimum Gasteiger partial charge on any atom is -0.369 e. The molecule has 1 aromatic carbocycles. The average molecular weight is 554 g/mol. The van der Waals surface area contributed by atoms with E-state index in [1.54, 1.807) is 6.07 Å². The van der Waals surface area contributed by atoms with E-state index in [1.165, 1.54) is 18.1 Å². The van der Waals surface area contributed by atoms with E-state index in [4.69, 9.17) is 14.1 Å². The van der Waals surface area contributed by atoms with Gasteiger partial charge in [0.2, 0.25) is 5.78 Å². The third-order valence-corrected chi connectivity index (χ3v) is 8.51. The van der Waals surface area contributed by atoms with Gasteiger partial charge in [0.15, 0.2) is 0 Å². The molecule has 0 radical (unpaired) electrons. The van der Waals surface area contributed by atoms with Crippen LogP contribution in [0, 0.1) is 23.2 Å². The van der Waals surface area contributed by atoms with E-state index < -0.39 is 16.4 Å². The molecule has 5 rings (SSSR count). The highest BCUT2D eigenvalue weighted by Crippen LogP contribution is 2.38. The van der Waals surface area contributed by atoms with Crippen molar-refractivity contribution in [2.45, 2.75) is 31.8 Å². The van der Waals surface area contributed by atoms with Crippen molar-refractivity contribution in [1.29, 1.82) is 5.26 Å². The van der Waals surface area contributed by atoms with Gasteiger partial charge >= 0.3 is 10.3 Å². The molecular weight excluding hydrogens is 526 g/mol. The number of benzene rings is 1. The van der Waals surface area contributed by atoms with Crippen molar-refractivity contribution in [2.75, 3.05) is 25.1 Å². The molecule has 0 bridgehead atoms. The van der Waals surface area contributed by atoms with Gasteiger partial charge in [-0.1, -0.05) is 24.3 Å². The molecule has 1 saturated carbocycles. The Morgan fingerprint density at radius 1 is 1.26 bits per heavy atom. The number of thiophene rings is 1. The summed E-state index contributed by atoms with van der Waals surface area (Å²) in [6.45, 7) is 1.18. The second kappa shape index (κ2) is 11.3. The molecule has 38 heavy (non-hydrogen) atoms. The highest BCUT2D eigenvalue weighted by molar-refractivity contribution is 7.84. The molecule has 1 aliphatic heterocycles. The lowest BCUT2D eigenvalue weighted by Gasteiger charge is -2.25. The van der Waals surface area contributed by atoms with Crippen LogP contribution in [-0.4, -0.2) is 43.9 Å². The maximum atomic E-state index is 13.6. The van der Waals surface area contributed by atoms with Crippen LogP contribution in [0.15, 0.2) is 42.9 Å². The van der Waals surface area contributed by atoms with Gasteiger partial charge in [-0.2, -0.15) is 13.7 Å². The van der Waals surface area contributed by atoms with Crippen LogP contribution in [0.3, 0.4) is 0 Å². The molecule has 2 aliphatic rings. The molecule has 3 N–H and O–H groups in total. The summed E-state index contributed by atoms with van der Waals surface area (Å²) in [7, 11) is -3.95. The van der Waals surface area contributed by atoms with Crippen molar-refractivity contribution in [1.82, 2.24) is 9.97 Å². The second-order valence-corrected chi connectivity index (χ2v) is 11.8. The fourth-order valence-electron chi connectivity index (χ4n) is 5.17. The number of carbonyl (C=O) groups excluding carboxylic acids is 1. The Morgan fingerprint density at radius 2 is 2.08 bits per heavy atom. The summed E-state index contributed by atoms with van der Waals surface area (Å²) < 4.78 is 32.9. The Kier molecular flexibility index (Phi) is 7.83. The zero-order chi connectivity index (χ0) is 26.7. The summed E-state index contributed by atoms with van der Waals surface area (Å²) in [5.41, 5.74) is 3.21. The molecule has 3 atom stereocenters. The minimum absolute atomic E-state index is 0.0731. The van der Waals surface area contributed by atoms with Crippen LogP contribution in [0.5, 0.6) is 0 Å². The number of nitrogens with one attached hydrogen (secondary N) is 1. The molecule has 0 amide bonds. The topological polar surface area (TPSA) is 157 Å². The number of carbonyl (C=O) groups is 1. The highest BCUT2D eigenvalue weighted by Gasteiger charge is 2.29. The van der Waals surface area contributed by atoms with Crippen molar-refractivity contribution < 1.29 is 22.1 Å². The smallest absolute Gasteiger partial charge is 0.333 e. The van der Waals surface area contributed by atoms with E-state index in [9.17, 15) is 18.5 Å². The summed E-state index contributed by atoms with van der Waals surface area (Å²) in [5, 5.41) is 18.0. The predicted octanol–water partition coefficient (Wildman–Crippen LogP) is 3.35. The Bertz CT molecular complexity index is 1480. The van der Waals surface area contributed by atoms with E-state index >= 15 is 0 Å². The first kappa shape index (κ1) is 26.4. The van der Waals surface area contributed by atoms with Crippen LogP contribution in [0.25, 0.3) is 0 Å². The Balaban J connectivity index is 1.31. The molecule has 1 unspecified atom stereocenters. The summed E-state index contributed by atoms with van der Waals surface area (Å²) in [6, 6.07) is 12.0. The lowest BCUT2D eigenvalue weighted by molar-refractivity contribution is 0.0699. The number of ether oxygens (including phenoxy) is 1. The number of rotatable bonds is 9. The van der Waals surface area contributed by atoms with Crippen LogP contribution in [0.1, 0.15) is 62.2 Å². The summed E-state index contributed by atoms with van der Waals surface area (Å²) in [4.78, 5) is 22.8. The summed E-state index contributed by atoms with van der Waals surface area (Å²) >= 11 is 1.14. The van der Waals surface area contributed by atoms with Crippen LogP contribution < -0.4 is 10.5 Å². The third-order valence-electron chi connectivity index (χ3n) is 6.99. The maximum absolute atomic E-state index is 13.6. The molecule has 198 valence electrons. The summed E-state index contributed by atoms with van der Waals surface area (Å²) in [6.07, 6.45) is 5.77. The van der Waals surface area contributed by atoms with Gasteiger partial charge < -0.3 is 10.1 Å². The number of anilines is 1. The molecule has 1 aliphatic carbocycles. The lowest BCUT2D eigenvalue weighted by Crippen LogP contribution is -2.20. The number of hydrogen-bond donors (Lipinski definition) is 2. The highest BCUT2D eigenvalue weighted by atomic mass is 32.2. The van der Waals surface area contributed by atoms with E-state index in [-0.39, 0.29) is 24.2 Å². The average Bonchev–Trinajstić information content (AvgIpc) is 3.57. The monoisotopic (exact) mass is 553 g/mol. The second-order valence-electron chi connectivity index (χ2n) is 9.52. The van der Waals surface area contributed by atoms with Gasteiger partial charge in [-0.25, -0.2) is 15.1 Å². The predicted molar refractivity (Wildman–Crippen MR) is 141 cm³/mol. The van der Waals surface area contributed by atoms with Crippen molar-refractivity contribution in [3.8, 4) is 6.07 Å². The molecule has 3 aromatic rings. The molecule has 3 heterocycles. The first-order chi connectivity index (χ1) is 18.3. The number of nitrogens with zero attached hydrogens (tertiary/aromatic N) is 3. The molecule has 0 spiro atoms. The van der Waals surface area contributed by atoms with E-state index in [0.29, 0.717) is 39.9 Å². The third kappa shape index (κ3) is 5.92. The maximum Gasteiger partial charge on any atom is 0.333 e. The first-order valence-electron chi connectivity index (χ1n) is 12.3. The van der Waals surface area contributed by atoms with Crippen LogP contribution in [-0.2, 0) is 25.6 Å². The normalized spacial score (nSPS) is 21.0. The molecular formula is C26H27N5O5S2. The summed E-state index contributed by atoms with van der Waals surface area (Å²) in [5.74, 6) is 0.523. The van der Waals surface area contributed by atoms with Gasteiger partial charge in [-0.15, -0.1) is 11.3 Å². The number of nitrogens with two attached hydrogens (primary N) is 1. The van der Waals surface area contributed by atoms with Gasteiger partial charge in [-0.05, 0) is 54.7 Å². The number of ketones is 1. The number of hydrogen-bond acceptors (Lipinski definition) is 10. The van der Waals surface area contributed by atoms with Crippen molar-refractivity contribution in [3.05, 3.63) is 74.9 Å². The van der Waals surface area contributed by atoms with Gasteiger partial charge in [0, 0.05) is 18.3 Å². The van der Waals surface area contributed by atoms with Gasteiger partial charge in [0.05, 0.1) is 23.7 Å². The van der Waals surface area contributed by atoms with Crippen molar-refractivity contribution in [2.24, 2.45) is 17.0 Å². The van der Waals surface area contributed by atoms with Gasteiger partial charge in [0.1, 0.15) is 29.2 Å². The molecule has 0 saturated heterocycles. The van der Waals surface area contributed by atoms with Crippen LogP contribution >= 0.6 is 11.3 Å². The molecule has 12 heteroatoms. The number of fused-ring (bicyclic) bond motifs is 1.